The predicted molar refractivity (Wildman–Crippen MR) is 69.4 cm³/mol. The molecule has 0 fully saturated rings. The SMILES string of the molecule is COc1cnccc1C(N)Cc1cc(C)nn1C. The summed E-state index contributed by atoms with van der Waals surface area (Å²) in [6.45, 7) is 1.97. The van der Waals surface area contributed by atoms with E-state index in [2.05, 4.69) is 10.1 Å². The zero-order valence-electron chi connectivity index (χ0n) is 10.9. The highest BCUT2D eigenvalue weighted by Gasteiger charge is 2.14. The van der Waals surface area contributed by atoms with Crippen molar-refractivity contribution in [1.29, 1.82) is 0 Å². The van der Waals surface area contributed by atoms with Gasteiger partial charge in [0.2, 0.25) is 0 Å². The number of hydrogen-bond donors (Lipinski definition) is 1. The fourth-order valence-electron chi connectivity index (χ4n) is 2.06. The van der Waals surface area contributed by atoms with E-state index in [1.165, 1.54) is 0 Å². The van der Waals surface area contributed by atoms with Crippen molar-refractivity contribution in [1.82, 2.24) is 14.8 Å². The lowest BCUT2D eigenvalue weighted by molar-refractivity contribution is 0.403. The second-order valence-electron chi connectivity index (χ2n) is 4.33. The van der Waals surface area contributed by atoms with Gasteiger partial charge in [-0.15, -0.1) is 0 Å². The first-order valence-electron chi connectivity index (χ1n) is 5.85. The number of hydrogen-bond acceptors (Lipinski definition) is 4. The van der Waals surface area contributed by atoms with E-state index in [0.717, 1.165) is 29.1 Å². The van der Waals surface area contributed by atoms with Gasteiger partial charge in [-0.25, -0.2) is 0 Å². The van der Waals surface area contributed by atoms with Crippen LogP contribution in [0.4, 0.5) is 0 Å². The maximum atomic E-state index is 6.23. The van der Waals surface area contributed by atoms with Crippen LogP contribution in [0.1, 0.15) is 23.0 Å². The summed E-state index contributed by atoms with van der Waals surface area (Å²) in [5.41, 5.74) is 9.31. The van der Waals surface area contributed by atoms with Gasteiger partial charge in [0.05, 0.1) is 19.0 Å². The molecule has 0 amide bonds. The van der Waals surface area contributed by atoms with Crippen LogP contribution in [-0.4, -0.2) is 21.9 Å². The number of pyridine rings is 1. The standard InChI is InChI=1S/C13H18N4O/c1-9-6-10(17(2)16-9)7-12(14)11-4-5-15-8-13(11)18-3/h4-6,8,12H,7,14H2,1-3H3. The molecule has 2 aromatic rings. The van der Waals surface area contributed by atoms with Gasteiger partial charge in [-0.2, -0.15) is 5.10 Å². The Labute approximate surface area is 107 Å². The molecule has 0 saturated carbocycles. The maximum absolute atomic E-state index is 6.23. The Morgan fingerprint density at radius 3 is 2.89 bits per heavy atom. The number of rotatable bonds is 4. The van der Waals surface area contributed by atoms with Gasteiger partial charge in [-0.1, -0.05) is 0 Å². The van der Waals surface area contributed by atoms with Crippen molar-refractivity contribution < 1.29 is 4.74 Å². The quantitative estimate of drug-likeness (QED) is 0.885. The average molecular weight is 246 g/mol. The molecule has 0 saturated heterocycles. The van der Waals surface area contributed by atoms with E-state index in [4.69, 9.17) is 10.5 Å². The van der Waals surface area contributed by atoms with E-state index in [1.54, 1.807) is 19.5 Å². The van der Waals surface area contributed by atoms with Gasteiger partial charge in [0.1, 0.15) is 5.75 Å². The molecule has 2 aromatic heterocycles. The molecule has 5 heteroatoms. The van der Waals surface area contributed by atoms with Crippen LogP contribution in [0.15, 0.2) is 24.5 Å². The summed E-state index contributed by atoms with van der Waals surface area (Å²) in [5.74, 6) is 0.726. The van der Waals surface area contributed by atoms with E-state index in [1.807, 2.05) is 30.8 Å². The van der Waals surface area contributed by atoms with Gasteiger partial charge in [0.15, 0.2) is 0 Å². The monoisotopic (exact) mass is 246 g/mol. The highest BCUT2D eigenvalue weighted by molar-refractivity contribution is 5.33. The summed E-state index contributed by atoms with van der Waals surface area (Å²) < 4.78 is 7.14. The third kappa shape index (κ3) is 2.51. The lowest BCUT2D eigenvalue weighted by Crippen LogP contribution is -2.16. The molecule has 1 unspecified atom stereocenters. The van der Waals surface area contributed by atoms with Crippen molar-refractivity contribution >= 4 is 0 Å². The molecule has 0 aliphatic carbocycles. The number of methoxy groups -OCH3 is 1. The number of nitrogens with zero attached hydrogens (tertiary/aromatic N) is 3. The van der Waals surface area contributed by atoms with Crippen LogP contribution in [0, 0.1) is 6.92 Å². The smallest absolute Gasteiger partial charge is 0.141 e. The summed E-state index contributed by atoms with van der Waals surface area (Å²) in [4.78, 5) is 4.03. The fraction of sp³-hybridized carbons (Fsp3) is 0.385. The Hall–Kier alpha value is -1.88. The van der Waals surface area contributed by atoms with Crippen LogP contribution < -0.4 is 10.5 Å². The third-order valence-corrected chi connectivity index (χ3v) is 2.96. The summed E-state index contributed by atoms with van der Waals surface area (Å²) in [6, 6.07) is 3.82. The Morgan fingerprint density at radius 2 is 2.28 bits per heavy atom. The second kappa shape index (κ2) is 5.18. The average Bonchev–Trinajstić information content (AvgIpc) is 2.67. The van der Waals surface area contributed by atoms with Crippen LogP contribution in [0.5, 0.6) is 5.75 Å². The molecule has 5 nitrogen and oxygen atoms in total. The van der Waals surface area contributed by atoms with Crippen molar-refractivity contribution in [3.8, 4) is 5.75 Å². The molecular formula is C13H18N4O. The first-order valence-corrected chi connectivity index (χ1v) is 5.85. The number of aryl methyl sites for hydroxylation is 2. The summed E-state index contributed by atoms with van der Waals surface area (Å²) in [5, 5.41) is 4.32. The molecule has 2 heterocycles. The highest BCUT2D eigenvalue weighted by atomic mass is 16.5. The van der Waals surface area contributed by atoms with Crippen LogP contribution in [-0.2, 0) is 13.5 Å². The zero-order valence-corrected chi connectivity index (χ0v) is 10.9. The minimum atomic E-state index is -0.127. The van der Waals surface area contributed by atoms with Crippen LogP contribution in [0.2, 0.25) is 0 Å². The van der Waals surface area contributed by atoms with Crippen molar-refractivity contribution in [2.24, 2.45) is 12.8 Å². The fourth-order valence-corrected chi connectivity index (χ4v) is 2.06. The van der Waals surface area contributed by atoms with E-state index in [9.17, 15) is 0 Å². The highest BCUT2D eigenvalue weighted by Crippen LogP contribution is 2.24. The molecule has 0 aromatic carbocycles. The zero-order chi connectivity index (χ0) is 13.1. The molecule has 0 spiro atoms. The van der Waals surface area contributed by atoms with Gasteiger partial charge in [-0.3, -0.25) is 9.67 Å². The third-order valence-electron chi connectivity index (χ3n) is 2.96. The van der Waals surface area contributed by atoms with Gasteiger partial charge in [-0.05, 0) is 19.1 Å². The Bertz CT molecular complexity index is 536. The van der Waals surface area contributed by atoms with Gasteiger partial charge in [0, 0.05) is 37.0 Å². The maximum Gasteiger partial charge on any atom is 0.141 e. The topological polar surface area (TPSA) is 66.0 Å². The van der Waals surface area contributed by atoms with Crippen molar-refractivity contribution in [3.63, 3.8) is 0 Å². The lowest BCUT2D eigenvalue weighted by Gasteiger charge is -2.15. The van der Waals surface area contributed by atoms with E-state index >= 15 is 0 Å². The van der Waals surface area contributed by atoms with Crippen molar-refractivity contribution in [3.05, 3.63) is 41.5 Å². The summed E-state index contributed by atoms with van der Waals surface area (Å²) in [7, 11) is 3.56. The van der Waals surface area contributed by atoms with Crippen molar-refractivity contribution in [2.75, 3.05) is 7.11 Å². The molecule has 0 aliphatic rings. The molecule has 0 aliphatic heterocycles. The van der Waals surface area contributed by atoms with E-state index < -0.39 is 0 Å². The number of ether oxygens (including phenoxy) is 1. The Balaban J connectivity index is 2.21. The number of nitrogens with two attached hydrogens (primary N) is 1. The minimum absolute atomic E-state index is 0.127. The first kappa shape index (κ1) is 12.6. The molecule has 2 N–H and O–H groups in total. The molecule has 96 valence electrons. The van der Waals surface area contributed by atoms with E-state index in [0.29, 0.717) is 0 Å². The summed E-state index contributed by atoms with van der Waals surface area (Å²) >= 11 is 0. The van der Waals surface area contributed by atoms with Crippen LogP contribution in [0.3, 0.4) is 0 Å². The van der Waals surface area contributed by atoms with Gasteiger partial charge in [0.25, 0.3) is 0 Å². The Kier molecular flexibility index (Phi) is 3.62. The molecule has 0 radical (unpaired) electrons. The largest absolute Gasteiger partial charge is 0.495 e. The minimum Gasteiger partial charge on any atom is -0.495 e. The molecular weight excluding hydrogens is 228 g/mol. The lowest BCUT2D eigenvalue weighted by atomic mass is 10.0. The van der Waals surface area contributed by atoms with Crippen LogP contribution >= 0.6 is 0 Å². The van der Waals surface area contributed by atoms with E-state index in [-0.39, 0.29) is 6.04 Å². The van der Waals surface area contributed by atoms with Crippen molar-refractivity contribution in [2.45, 2.75) is 19.4 Å². The second-order valence-corrected chi connectivity index (χ2v) is 4.33. The predicted octanol–water partition coefficient (Wildman–Crippen LogP) is 1.37. The van der Waals surface area contributed by atoms with Crippen LogP contribution in [0.25, 0.3) is 0 Å². The first-order chi connectivity index (χ1) is 8.61. The molecule has 2 rings (SSSR count). The molecule has 1 atom stereocenters. The molecule has 18 heavy (non-hydrogen) atoms. The molecule has 0 bridgehead atoms. The Morgan fingerprint density at radius 1 is 1.50 bits per heavy atom. The summed E-state index contributed by atoms with van der Waals surface area (Å²) in [6.07, 6.45) is 4.13. The van der Waals surface area contributed by atoms with Gasteiger partial charge >= 0.3 is 0 Å². The number of aromatic nitrogens is 3. The normalized spacial score (nSPS) is 12.4. The van der Waals surface area contributed by atoms with Gasteiger partial charge < -0.3 is 10.5 Å².